The van der Waals surface area contributed by atoms with Gasteiger partial charge in [-0.3, -0.25) is 4.79 Å². The quantitative estimate of drug-likeness (QED) is 0.289. The Bertz CT molecular complexity index is 1240. The van der Waals surface area contributed by atoms with Crippen LogP contribution >= 0.6 is 23.1 Å². The summed E-state index contributed by atoms with van der Waals surface area (Å²) in [6, 6.07) is 12.0. The standard InChI is InChI=1S/C23H20FN3O2S2/c1-13-4-9-19(29-3)18(10-13)27-21(28)14(2)31-23-20-17(11-30-22(20)25-12-26-23)15-5-7-16(24)8-6-15/h4-12,14H,1-3H3,(H,27,28). The third-order valence-electron chi connectivity index (χ3n) is 4.76. The molecule has 0 spiro atoms. The van der Waals surface area contributed by atoms with Gasteiger partial charge in [0.1, 0.15) is 27.8 Å². The first-order valence-electron chi connectivity index (χ1n) is 9.56. The summed E-state index contributed by atoms with van der Waals surface area (Å²) in [5, 5.41) is 6.11. The molecular formula is C23H20FN3O2S2. The van der Waals surface area contributed by atoms with E-state index < -0.39 is 5.25 Å². The zero-order chi connectivity index (χ0) is 22.0. The van der Waals surface area contributed by atoms with Crippen molar-refractivity contribution in [2.45, 2.75) is 24.1 Å². The fourth-order valence-corrected chi connectivity index (χ4v) is 5.07. The van der Waals surface area contributed by atoms with Crippen molar-refractivity contribution in [3.8, 4) is 16.9 Å². The molecule has 158 valence electrons. The van der Waals surface area contributed by atoms with Gasteiger partial charge in [0.25, 0.3) is 0 Å². The predicted octanol–water partition coefficient (Wildman–Crippen LogP) is 5.93. The van der Waals surface area contributed by atoms with Gasteiger partial charge in [0, 0.05) is 10.9 Å². The summed E-state index contributed by atoms with van der Waals surface area (Å²) in [7, 11) is 1.57. The van der Waals surface area contributed by atoms with Crippen molar-refractivity contribution < 1.29 is 13.9 Å². The third kappa shape index (κ3) is 4.55. The highest BCUT2D eigenvalue weighted by atomic mass is 32.2. The van der Waals surface area contributed by atoms with Gasteiger partial charge in [0.05, 0.1) is 23.4 Å². The maximum Gasteiger partial charge on any atom is 0.237 e. The highest BCUT2D eigenvalue weighted by Gasteiger charge is 2.21. The van der Waals surface area contributed by atoms with E-state index >= 15 is 0 Å². The summed E-state index contributed by atoms with van der Waals surface area (Å²) in [4.78, 5) is 22.5. The van der Waals surface area contributed by atoms with E-state index in [1.165, 1.54) is 41.6 Å². The molecule has 1 amide bonds. The van der Waals surface area contributed by atoms with E-state index in [0.29, 0.717) is 16.5 Å². The first-order chi connectivity index (χ1) is 15.0. The van der Waals surface area contributed by atoms with Crippen LogP contribution in [0.5, 0.6) is 5.75 Å². The lowest BCUT2D eigenvalue weighted by atomic mass is 10.1. The van der Waals surface area contributed by atoms with Gasteiger partial charge in [0.2, 0.25) is 5.91 Å². The Morgan fingerprint density at radius 3 is 2.71 bits per heavy atom. The second-order valence-corrected chi connectivity index (χ2v) is 9.16. The number of halogens is 1. The number of thiophene rings is 1. The second-order valence-electron chi connectivity index (χ2n) is 6.97. The normalized spacial score (nSPS) is 12.0. The summed E-state index contributed by atoms with van der Waals surface area (Å²) in [6.07, 6.45) is 1.50. The number of anilines is 1. The molecular weight excluding hydrogens is 433 g/mol. The van der Waals surface area contributed by atoms with Gasteiger partial charge in [-0.15, -0.1) is 11.3 Å². The number of fused-ring (bicyclic) bond motifs is 1. The molecule has 0 aliphatic rings. The van der Waals surface area contributed by atoms with Gasteiger partial charge in [-0.1, -0.05) is 30.0 Å². The van der Waals surface area contributed by atoms with Gasteiger partial charge < -0.3 is 10.1 Å². The molecule has 31 heavy (non-hydrogen) atoms. The maximum atomic E-state index is 13.4. The SMILES string of the molecule is COc1ccc(C)cc1NC(=O)C(C)Sc1ncnc2scc(-c3ccc(F)cc3)c12. The van der Waals surface area contributed by atoms with Gasteiger partial charge in [-0.05, 0) is 49.2 Å². The molecule has 1 unspecified atom stereocenters. The molecule has 0 saturated heterocycles. The van der Waals surface area contributed by atoms with Crippen molar-refractivity contribution in [2.24, 2.45) is 0 Å². The summed E-state index contributed by atoms with van der Waals surface area (Å²) < 4.78 is 18.7. The number of aryl methyl sites for hydroxylation is 1. The van der Waals surface area contributed by atoms with Gasteiger partial charge >= 0.3 is 0 Å². The number of methoxy groups -OCH3 is 1. The Kier molecular flexibility index (Phi) is 6.20. The molecule has 2 heterocycles. The van der Waals surface area contributed by atoms with Crippen molar-refractivity contribution in [1.82, 2.24) is 9.97 Å². The van der Waals surface area contributed by atoms with Crippen LogP contribution in [-0.4, -0.2) is 28.2 Å². The molecule has 4 rings (SSSR count). The number of benzene rings is 2. The average molecular weight is 454 g/mol. The van der Waals surface area contributed by atoms with E-state index in [1.807, 2.05) is 37.4 Å². The molecule has 4 aromatic rings. The number of nitrogens with zero attached hydrogens (tertiary/aromatic N) is 2. The molecule has 0 saturated carbocycles. The van der Waals surface area contributed by atoms with Crippen LogP contribution in [0.2, 0.25) is 0 Å². The van der Waals surface area contributed by atoms with Crippen LogP contribution in [0.3, 0.4) is 0 Å². The molecule has 1 atom stereocenters. The molecule has 0 aliphatic carbocycles. The van der Waals surface area contributed by atoms with Crippen LogP contribution in [-0.2, 0) is 4.79 Å². The predicted molar refractivity (Wildman–Crippen MR) is 124 cm³/mol. The molecule has 1 N–H and O–H groups in total. The Morgan fingerprint density at radius 1 is 1.19 bits per heavy atom. The molecule has 5 nitrogen and oxygen atoms in total. The lowest BCUT2D eigenvalue weighted by Gasteiger charge is -2.15. The van der Waals surface area contributed by atoms with E-state index in [9.17, 15) is 9.18 Å². The monoisotopic (exact) mass is 453 g/mol. The van der Waals surface area contributed by atoms with E-state index in [0.717, 1.165) is 26.9 Å². The van der Waals surface area contributed by atoms with Crippen molar-refractivity contribution in [2.75, 3.05) is 12.4 Å². The van der Waals surface area contributed by atoms with Gasteiger partial charge in [0.15, 0.2) is 0 Å². The molecule has 2 aromatic heterocycles. The minimum atomic E-state index is -0.413. The second kappa shape index (κ2) is 9.03. The lowest BCUT2D eigenvalue weighted by molar-refractivity contribution is -0.115. The first kappa shape index (κ1) is 21.3. The number of rotatable bonds is 6. The molecule has 2 aromatic carbocycles. The largest absolute Gasteiger partial charge is 0.495 e. The van der Waals surface area contributed by atoms with Gasteiger partial charge in [-0.2, -0.15) is 0 Å². The third-order valence-corrected chi connectivity index (χ3v) is 6.75. The number of ether oxygens (including phenoxy) is 1. The Labute approximate surface area is 187 Å². The number of hydrogen-bond donors (Lipinski definition) is 1. The molecule has 0 bridgehead atoms. The Morgan fingerprint density at radius 2 is 1.97 bits per heavy atom. The molecule has 0 radical (unpaired) electrons. The Hall–Kier alpha value is -2.97. The zero-order valence-corrected chi connectivity index (χ0v) is 18.8. The highest BCUT2D eigenvalue weighted by molar-refractivity contribution is 8.00. The Balaban J connectivity index is 1.61. The number of hydrogen-bond acceptors (Lipinski definition) is 6. The summed E-state index contributed by atoms with van der Waals surface area (Å²) in [6.45, 7) is 3.79. The number of nitrogens with one attached hydrogen (secondary N) is 1. The summed E-state index contributed by atoms with van der Waals surface area (Å²) >= 11 is 2.86. The first-order valence-corrected chi connectivity index (χ1v) is 11.3. The molecule has 8 heteroatoms. The summed E-state index contributed by atoms with van der Waals surface area (Å²) in [5.74, 6) is 0.169. The lowest BCUT2D eigenvalue weighted by Crippen LogP contribution is -2.23. The van der Waals surface area contributed by atoms with Crippen molar-refractivity contribution in [3.05, 3.63) is 65.6 Å². The minimum Gasteiger partial charge on any atom is -0.495 e. The summed E-state index contributed by atoms with van der Waals surface area (Å²) in [5.41, 5.74) is 3.47. The number of carbonyl (C=O) groups excluding carboxylic acids is 1. The van der Waals surface area contributed by atoms with Crippen molar-refractivity contribution in [1.29, 1.82) is 0 Å². The van der Waals surface area contributed by atoms with Crippen LogP contribution in [0.1, 0.15) is 12.5 Å². The number of amides is 1. The van der Waals surface area contributed by atoms with Crippen LogP contribution in [0.25, 0.3) is 21.3 Å². The van der Waals surface area contributed by atoms with Crippen LogP contribution < -0.4 is 10.1 Å². The fourth-order valence-electron chi connectivity index (χ4n) is 3.15. The number of carbonyl (C=O) groups is 1. The topological polar surface area (TPSA) is 64.1 Å². The van der Waals surface area contributed by atoms with Crippen molar-refractivity contribution >= 4 is 44.9 Å². The zero-order valence-electron chi connectivity index (χ0n) is 17.2. The smallest absolute Gasteiger partial charge is 0.237 e. The minimum absolute atomic E-state index is 0.153. The van der Waals surface area contributed by atoms with E-state index in [1.54, 1.807) is 19.2 Å². The number of thioether (sulfide) groups is 1. The van der Waals surface area contributed by atoms with E-state index in [2.05, 4.69) is 15.3 Å². The molecule has 0 fully saturated rings. The van der Waals surface area contributed by atoms with Crippen molar-refractivity contribution in [3.63, 3.8) is 0 Å². The van der Waals surface area contributed by atoms with Crippen LogP contribution in [0.4, 0.5) is 10.1 Å². The van der Waals surface area contributed by atoms with Crippen LogP contribution in [0, 0.1) is 12.7 Å². The van der Waals surface area contributed by atoms with Crippen LogP contribution in [0.15, 0.2) is 59.2 Å². The van der Waals surface area contributed by atoms with E-state index in [4.69, 9.17) is 4.74 Å². The maximum absolute atomic E-state index is 13.4. The van der Waals surface area contributed by atoms with E-state index in [-0.39, 0.29) is 11.7 Å². The van der Waals surface area contributed by atoms with Gasteiger partial charge in [-0.25, -0.2) is 14.4 Å². The highest BCUT2D eigenvalue weighted by Crippen LogP contribution is 2.39. The average Bonchev–Trinajstić information content (AvgIpc) is 3.19. The fraction of sp³-hybridized carbons (Fsp3) is 0.174. The number of aromatic nitrogens is 2. The molecule has 0 aliphatic heterocycles.